The molecule has 17 heavy (non-hydrogen) atoms. The van der Waals surface area contributed by atoms with E-state index in [9.17, 15) is 14.4 Å². The van der Waals surface area contributed by atoms with Crippen molar-refractivity contribution in [3.8, 4) is 0 Å². The molecule has 0 spiro atoms. The van der Waals surface area contributed by atoms with Crippen LogP contribution < -0.4 is 5.43 Å². The van der Waals surface area contributed by atoms with E-state index in [1.807, 2.05) is 0 Å². The molecule has 86 valence electrons. The van der Waals surface area contributed by atoms with Crippen LogP contribution in [0.15, 0.2) is 29.1 Å². The lowest BCUT2D eigenvalue weighted by atomic mass is 10.1. The van der Waals surface area contributed by atoms with Gasteiger partial charge >= 0.3 is 11.9 Å². The molecule has 0 bridgehead atoms. The number of aromatic nitrogens is 1. The number of carboxylic acid groups (broad SMARTS) is 2. The van der Waals surface area contributed by atoms with Gasteiger partial charge in [0.25, 0.3) is 0 Å². The Morgan fingerprint density at radius 2 is 1.76 bits per heavy atom. The van der Waals surface area contributed by atoms with Crippen LogP contribution in [0.3, 0.4) is 0 Å². The maximum atomic E-state index is 11.6. The highest BCUT2D eigenvalue weighted by Gasteiger charge is 2.10. The summed E-state index contributed by atoms with van der Waals surface area (Å²) in [6, 6.07) is 4.80. The third-order valence-corrected chi connectivity index (χ3v) is 2.31. The predicted molar refractivity (Wildman–Crippen MR) is 58.5 cm³/mol. The number of carboxylic acids is 2. The third-order valence-electron chi connectivity index (χ3n) is 2.31. The van der Waals surface area contributed by atoms with Crippen molar-refractivity contribution in [2.75, 3.05) is 0 Å². The van der Waals surface area contributed by atoms with E-state index in [4.69, 9.17) is 10.2 Å². The Morgan fingerprint density at radius 3 is 2.35 bits per heavy atom. The van der Waals surface area contributed by atoms with Gasteiger partial charge in [-0.1, -0.05) is 0 Å². The summed E-state index contributed by atoms with van der Waals surface area (Å²) >= 11 is 0. The van der Waals surface area contributed by atoms with Crippen LogP contribution >= 0.6 is 0 Å². The quantitative estimate of drug-likeness (QED) is 0.714. The second-order valence-electron chi connectivity index (χ2n) is 3.42. The lowest BCUT2D eigenvalue weighted by molar-refractivity contribution is 0.0682. The van der Waals surface area contributed by atoms with Gasteiger partial charge < -0.3 is 15.2 Å². The van der Waals surface area contributed by atoms with Crippen LogP contribution in [-0.2, 0) is 0 Å². The molecule has 1 aromatic carbocycles. The van der Waals surface area contributed by atoms with Crippen LogP contribution in [-0.4, -0.2) is 27.1 Å². The van der Waals surface area contributed by atoms with Gasteiger partial charge in [-0.05, 0) is 18.2 Å². The Morgan fingerprint density at radius 1 is 1.06 bits per heavy atom. The van der Waals surface area contributed by atoms with E-state index in [0.29, 0.717) is 5.52 Å². The van der Waals surface area contributed by atoms with E-state index in [-0.39, 0.29) is 16.6 Å². The van der Waals surface area contributed by atoms with Crippen molar-refractivity contribution in [2.24, 2.45) is 0 Å². The van der Waals surface area contributed by atoms with Crippen molar-refractivity contribution in [3.63, 3.8) is 0 Å². The first-order valence-electron chi connectivity index (χ1n) is 4.62. The first-order chi connectivity index (χ1) is 7.99. The molecule has 0 amide bonds. The lowest BCUT2D eigenvalue weighted by Gasteiger charge is -2.01. The minimum atomic E-state index is -1.24. The Hall–Kier alpha value is -2.63. The Labute approximate surface area is 94.1 Å². The summed E-state index contributed by atoms with van der Waals surface area (Å²) in [6.07, 6.45) is 0. The number of aromatic amines is 1. The largest absolute Gasteiger partial charge is 0.478 e. The van der Waals surface area contributed by atoms with Crippen molar-refractivity contribution in [1.82, 2.24) is 4.98 Å². The van der Waals surface area contributed by atoms with Crippen molar-refractivity contribution in [3.05, 3.63) is 45.7 Å². The fourth-order valence-electron chi connectivity index (χ4n) is 1.50. The molecule has 0 aliphatic carbocycles. The molecule has 2 rings (SSSR count). The highest BCUT2D eigenvalue weighted by atomic mass is 16.4. The number of carbonyl (C=O) groups is 2. The Bertz CT molecular complexity index is 686. The van der Waals surface area contributed by atoms with Gasteiger partial charge in [0.1, 0.15) is 5.69 Å². The van der Waals surface area contributed by atoms with E-state index >= 15 is 0 Å². The molecule has 2 aromatic rings. The van der Waals surface area contributed by atoms with Gasteiger partial charge in [0, 0.05) is 17.0 Å². The summed E-state index contributed by atoms with van der Waals surface area (Å²) in [5.74, 6) is -2.39. The second-order valence-corrected chi connectivity index (χ2v) is 3.42. The summed E-state index contributed by atoms with van der Waals surface area (Å²) in [5.41, 5.74) is -0.490. The number of benzene rings is 1. The van der Waals surface area contributed by atoms with Crippen LogP contribution in [0.5, 0.6) is 0 Å². The number of nitrogens with one attached hydrogen (secondary N) is 1. The van der Waals surface area contributed by atoms with E-state index in [1.165, 1.54) is 18.2 Å². The van der Waals surface area contributed by atoms with Gasteiger partial charge in [0.2, 0.25) is 0 Å². The fourth-order valence-corrected chi connectivity index (χ4v) is 1.50. The number of rotatable bonds is 2. The number of pyridine rings is 1. The van der Waals surface area contributed by atoms with Crippen LogP contribution in [0, 0.1) is 0 Å². The fraction of sp³-hybridized carbons (Fsp3) is 0. The van der Waals surface area contributed by atoms with E-state index in [0.717, 1.165) is 6.07 Å². The van der Waals surface area contributed by atoms with Gasteiger partial charge in [0.15, 0.2) is 5.43 Å². The minimum absolute atomic E-state index is 0.0222. The number of H-pyrrole nitrogens is 1. The highest BCUT2D eigenvalue weighted by molar-refractivity contribution is 5.94. The molecule has 0 atom stereocenters. The first kappa shape index (κ1) is 10.9. The zero-order valence-electron chi connectivity index (χ0n) is 8.43. The molecule has 0 radical (unpaired) electrons. The monoisotopic (exact) mass is 233 g/mol. The molecule has 1 heterocycles. The van der Waals surface area contributed by atoms with Gasteiger partial charge in [0.05, 0.1) is 5.56 Å². The van der Waals surface area contributed by atoms with E-state index < -0.39 is 17.4 Å². The first-order valence-corrected chi connectivity index (χ1v) is 4.62. The number of hydrogen-bond acceptors (Lipinski definition) is 3. The van der Waals surface area contributed by atoms with Crippen LogP contribution in [0.1, 0.15) is 20.8 Å². The normalized spacial score (nSPS) is 10.4. The Kier molecular flexibility index (Phi) is 2.40. The molecule has 0 saturated heterocycles. The van der Waals surface area contributed by atoms with Gasteiger partial charge in [-0.2, -0.15) is 0 Å². The number of aromatic carboxylic acids is 2. The van der Waals surface area contributed by atoms with E-state index in [1.54, 1.807) is 0 Å². The standard InChI is InChI=1S/C11H7NO5/c13-9-4-8(11(16)17)12-7-2-1-5(10(14)15)3-6(7)9/h1-4H,(H,12,13)(H,14,15)(H,16,17). The molecule has 6 nitrogen and oxygen atoms in total. The number of fused-ring (bicyclic) bond motifs is 1. The summed E-state index contributed by atoms with van der Waals surface area (Å²) in [6.45, 7) is 0. The zero-order chi connectivity index (χ0) is 12.6. The smallest absolute Gasteiger partial charge is 0.352 e. The molecule has 1 aromatic heterocycles. The molecule has 3 N–H and O–H groups in total. The maximum Gasteiger partial charge on any atom is 0.352 e. The van der Waals surface area contributed by atoms with Gasteiger partial charge in [-0.25, -0.2) is 9.59 Å². The van der Waals surface area contributed by atoms with Gasteiger partial charge in [-0.3, -0.25) is 4.79 Å². The average molecular weight is 233 g/mol. The molecule has 0 aliphatic rings. The molecule has 0 saturated carbocycles. The van der Waals surface area contributed by atoms with Crippen molar-refractivity contribution < 1.29 is 19.8 Å². The predicted octanol–water partition coefficient (Wildman–Crippen LogP) is 0.924. The maximum absolute atomic E-state index is 11.6. The van der Waals surface area contributed by atoms with Crippen molar-refractivity contribution in [2.45, 2.75) is 0 Å². The van der Waals surface area contributed by atoms with E-state index in [2.05, 4.69) is 4.98 Å². The minimum Gasteiger partial charge on any atom is -0.478 e. The second kappa shape index (κ2) is 3.75. The average Bonchev–Trinajstić information content (AvgIpc) is 2.28. The highest BCUT2D eigenvalue weighted by Crippen LogP contribution is 2.11. The summed E-state index contributed by atoms with van der Waals surface area (Å²) in [5, 5.41) is 17.7. The number of hydrogen-bond donors (Lipinski definition) is 3. The van der Waals surface area contributed by atoms with Gasteiger partial charge in [-0.15, -0.1) is 0 Å². The third kappa shape index (κ3) is 1.87. The topological polar surface area (TPSA) is 107 Å². The summed E-state index contributed by atoms with van der Waals surface area (Å²) in [4.78, 5) is 35.6. The zero-order valence-corrected chi connectivity index (χ0v) is 8.43. The Balaban J connectivity index is 2.77. The molecule has 6 heteroatoms. The summed E-state index contributed by atoms with van der Waals surface area (Å²) < 4.78 is 0. The summed E-state index contributed by atoms with van der Waals surface area (Å²) in [7, 11) is 0. The molecule has 0 fully saturated rings. The SMILES string of the molecule is O=C(O)c1ccc2[nH]c(C(=O)O)cc(=O)c2c1. The van der Waals surface area contributed by atoms with Crippen molar-refractivity contribution in [1.29, 1.82) is 0 Å². The van der Waals surface area contributed by atoms with Crippen LogP contribution in [0.2, 0.25) is 0 Å². The van der Waals surface area contributed by atoms with Crippen LogP contribution in [0.4, 0.5) is 0 Å². The molecular weight excluding hydrogens is 226 g/mol. The molecule has 0 aliphatic heterocycles. The van der Waals surface area contributed by atoms with Crippen LogP contribution in [0.25, 0.3) is 10.9 Å². The van der Waals surface area contributed by atoms with Crippen molar-refractivity contribution >= 4 is 22.8 Å². The molecule has 0 unspecified atom stereocenters. The lowest BCUT2D eigenvalue weighted by Crippen LogP contribution is -2.10. The molecular formula is C11H7NO5.